The van der Waals surface area contributed by atoms with Gasteiger partial charge in [0.2, 0.25) is 0 Å². The van der Waals surface area contributed by atoms with Gasteiger partial charge in [-0.25, -0.2) is 15.0 Å². The molecular weight excluding hydrogens is 713 g/mol. The molecule has 10 nitrogen and oxygen atoms in total. The van der Waals surface area contributed by atoms with Gasteiger partial charge in [-0.2, -0.15) is 0 Å². The molecule has 1 unspecified atom stereocenters. The number of ether oxygens (including phenoxy) is 2. The Balaban J connectivity index is 1.66. The van der Waals surface area contributed by atoms with E-state index in [1.807, 2.05) is 6.33 Å². The number of nitrogens with zero attached hydrogens (tertiary/aromatic N) is 5. The predicted molar refractivity (Wildman–Crippen MR) is 237 cm³/mol. The number of carbonyl (C=O) groups is 2. The normalized spacial score (nSPS) is 12.1. The molecule has 57 heavy (non-hydrogen) atoms. The number of unbranched alkanes of at least 4 members (excludes halogenated alkanes) is 21. The number of anilines is 1. The third kappa shape index (κ3) is 26.1. The Kier molecular flexibility index (Phi) is 31.1. The van der Waals surface area contributed by atoms with Crippen molar-refractivity contribution in [3.63, 3.8) is 0 Å². The summed E-state index contributed by atoms with van der Waals surface area (Å²) >= 11 is 0. The van der Waals surface area contributed by atoms with Crippen LogP contribution < -0.4 is 5.73 Å². The summed E-state index contributed by atoms with van der Waals surface area (Å²) in [5.74, 6) is 0.402. The third-order valence-electron chi connectivity index (χ3n) is 11.3. The average molecular weight is 799 g/mol. The van der Waals surface area contributed by atoms with Gasteiger partial charge in [-0.15, -0.1) is 0 Å². The second-order valence-corrected chi connectivity index (χ2v) is 16.6. The zero-order chi connectivity index (χ0) is 41.0. The van der Waals surface area contributed by atoms with Crippen LogP contribution in [0.5, 0.6) is 0 Å². The van der Waals surface area contributed by atoms with E-state index < -0.39 is 0 Å². The van der Waals surface area contributed by atoms with Crippen LogP contribution in [-0.2, 0) is 25.6 Å². The average Bonchev–Trinajstić information content (AvgIpc) is 3.63. The molecule has 2 aromatic heterocycles. The highest BCUT2D eigenvalue weighted by atomic mass is 16.5. The smallest absolute Gasteiger partial charge is 0.306 e. The topological polar surface area (TPSA) is 125 Å². The fourth-order valence-electron chi connectivity index (χ4n) is 7.73. The summed E-state index contributed by atoms with van der Waals surface area (Å²) in [6.07, 6.45) is 38.4. The quantitative estimate of drug-likeness (QED) is 0.0518. The number of nitrogen functional groups attached to an aromatic ring is 1. The molecule has 328 valence electrons. The van der Waals surface area contributed by atoms with Crippen LogP contribution in [0.15, 0.2) is 12.7 Å². The molecule has 2 rings (SSSR count). The minimum atomic E-state index is -0.0304. The molecule has 0 aliphatic heterocycles. The second-order valence-electron chi connectivity index (χ2n) is 16.6. The molecule has 0 aromatic carbocycles. The molecule has 2 aromatic rings. The first kappa shape index (κ1) is 50.4. The minimum Gasteiger partial charge on any atom is -0.466 e. The van der Waals surface area contributed by atoms with Crippen molar-refractivity contribution in [2.75, 3.05) is 32.0 Å². The van der Waals surface area contributed by atoms with Gasteiger partial charge in [0.1, 0.15) is 17.9 Å². The molecule has 0 spiro atoms. The number of fused-ring (bicyclic) bond motifs is 1. The Bertz CT molecular complexity index is 1260. The predicted octanol–water partition coefficient (Wildman–Crippen LogP) is 12.3. The van der Waals surface area contributed by atoms with Gasteiger partial charge in [0.25, 0.3) is 0 Å². The first-order valence-corrected chi connectivity index (χ1v) is 24.0. The zero-order valence-corrected chi connectivity index (χ0v) is 37.1. The molecule has 0 saturated heterocycles. The fraction of sp³-hybridized carbons (Fsp3) is 0.851. The summed E-state index contributed by atoms with van der Waals surface area (Å²) < 4.78 is 13.6. The third-order valence-corrected chi connectivity index (χ3v) is 11.3. The van der Waals surface area contributed by atoms with E-state index in [0.717, 1.165) is 102 Å². The SMILES string of the molecule is CCCCCCCCCOC(=O)CCCCCCCN(CCCCCCCC(=O)OC(CCCCCC)CCCCCCC)CCCn1cnc2c(N)ncnc21. The van der Waals surface area contributed by atoms with Crippen LogP contribution in [0.2, 0.25) is 0 Å². The Hall–Kier alpha value is -2.75. The van der Waals surface area contributed by atoms with Gasteiger partial charge in [0.05, 0.1) is 12.9 Å². The van der Waals surface area contributed by atoms with Crippen molar-refractivity contribution in [3.05, 3.63) is 12.7 Å². The first-order valence-electron chi connectivity index (χ1n) is 24.0. The van der Waals surface area contributed by atoms with Crippen molar-refractivity contribution in [2.24, 2.45) is 0 Å². The van der Waals surface area contributed by atoms with E-state index in [1.54, 1.807) is 0 Å². The fourth-order valence-corrected chi connectivity index (χ4v) is 7.73. The van der Waals surface area contributed by atoms with E-state index in [4.69, 9.17) is 15.2 Å². The number of aryl methyl sites for hydroxylation is 1. The standard InChI is InChI=1S/C47H86N6O4/c1-4-7-10-13-14-22-29-39-56-43(54)33-25-18-15-20-27-35-52(37-30-38-53-41-51-45-46(48)49-40-50-47(45)53)36-28-21-16-19-26-34-44(55)57-42(31-23-12-9-6-3)32-24-17-11-8-5-2/h40-42H,4-39H2,1-3H3,(H2,48,49,50). The van der Waals surface area contributed by atoms with Crippen molar-refractivity contribution >= 4 is 28.9 Å². The molecule has 0 aliphatic carbocycles. The van der Waals surface area contributed by atoms with Gasteiger partial charge in [-0.05, 0) is 83.8 Å². The van der Waals surface area contributed by atoms with Crippen LogP contribution in [0.4, 0.5) is 5.82 Å². The van der Waals surface area contributed by atoms with Crippen molar-refractivity contribution in [2.45, 2.75) is 232 Å². The largest absolute Gasteiger partial charge is 0.466 e. The Labute approximate surface area is 348 Å². The Morgan fingerprint density at radius 2 is 1.09 bits per heavy atom. The van der Waals surface area contributed by atoms with E-state index in [9.17, 15) is 9.59 Å². The maximum Gasteiger partial charge on any atom is 0.306 e. The summed E-state index contributed by atoms with van der Waals surface area (Å²) in [4.78, 5) is 40.5. The van der Waals surface area contributed by atoms with Crippen LogP contribution in [0, 0.1) is 0 Å². The van der Waals surface area contributed by atoms with Crippen molar-refractivity contribution in [1.29, 1.82) is 0 Å². The molecule has 0 aliphatic rings. The first-order chi connectivity index (χ1) is 28.0. The van der Waals surface area contributed by atoms with Crippen molar-refractivity contribution in [3.8, 4) is 0 Å². The van der Waals surface area contributed by atoms with Gasteiger partial charge in [-0.1, -0.05) is 143 Å². The van der Waals surface area contributed by atoms with Crippen molar-refractivity contribution < 1.29 is 19.1 Å². The summed E-state index contributed by atoms with van der Waals surface area (Å²) in [5, 5.41) is 0. The highest BCUT2D eigenvalue weighted by Gasteiger charge is 2.15. The molecule has 0 fully saturated rings. The molecule has 1 atom stereocenters. The molecular formula is C47H86N6O4. The van der Waals surface area contributed by atoms with Gasteiger partial charge in [-0.3, -0.25) is 9.59 Å². The lowest BCUT2D eigenvalue weighted by Gasteiger charge is -2.22. The summed E-state index contributed by atoms with van der Waals surface area (Å²) in [7, 11) is 0. The lowest BCUT2D eigenvalue weighted by Crippen LogP contribution is -2.28. The molecule has 0 bridgehead atoms. The number of rotatable bonds is 40. The minimum absolute atomic E-state index is 0.00813. The number of hydrogen-bond acceptors (Lipinski definition) is 9. The summed E-state index contributed by atoms with van der Waals surface area (Å²) in [6, 6.07) is 0. The molecule has 0 saturated carbocycles. The number of hydrogen-bond donors (Lipinski definition) is 1. The lowest BCUT2D eigenvalue weighted by atomic mass is 10.0. The van der Waals surface area contributed by atoms with Crippen LogP contribution in [0.3, 0.4) is 0 Å². The monoisotopic (exact) mass is 799 g/mol. The molecule has 0 radical (unpaired) electrons. The van der Waals surface area contributed by atoms with Gasteiger partial charge in [0.15, 0.2) is 11.5 Å². The van der Waals surface area contributed by atoms with E-state index in [2.05, 4.69) is 45.2 Å². The van der Waals surface area contributed by atoms with Gasteiger partial charge >= 0.3 is 11.9 Å². The van der Waals surface area contributed by atoms with E-state index >= 15 is 0 Å². The van der Waals surface area contributed by atoms with Gasteiger partial charge in [0, 0.05) is 19.4 Å². The van der Waals surface area contributed by atoms with Crippen LogP contribution >= 0.6 is 0 Å². The second kappa shape index (κ2) is 35.2. The molecule has 0 amide bonds. The Morgan fingerprint density at radius 3 is 1.70 bits per heavy atom. The van der Waals surface area contributed by atoms with Crippen LogP contribution in [0.1, 0.15) is 220 Å². The molecule has 10 heteroatoms. The maximum absolute atomic E-state index is 12.8. The lowest BCUT2D eigenvalue weighted by molar-refractivity contribution is -0.150. The number of esters is 2. The van der Waals surface area contributed by atoms with E-state index in [-0.39, 0.29) is 18.0 Å². The van der Waals surface area contributed by atoms with Crippen LogP contribution in [-0.4, -0.2) is 68.7 Å². The summed E-state index contributed by atoms with van der Waals surface area (Å²) in [6.45, 7) is 11.4. The number of aromatic nitrogens is 4. The highest BCUT2D eigenvalue weighted by molar-refractivity contribution is 5.81. The molecule has 2 N–H and O–H groups in total. The zero-order valence-electron chi connectivity index (χ0n) is 37.1. The Morgan fingerprint density at radius 1 is 0.596 bits per heavy atom. The van der Waals surface area contributed by atoms with Gasteiger partial charge < -0.3 is 24.7 Å². The maximum atomic E-state index is 12.8. The van der Waals surface area contributed by atoms with E-state index in [0.29, 0.717) is 30.8 Å². The number of nitrogens with two attached hydrogens (primary N) is 1. The highest BCUT2D eigenvalue weighted by Crippen LogP contribution is 2.19. The van der Waals surface area contributed by atoms with Crippen molar-refractivity contribution in [1.82, 2.24) is 24.4 Å². The number of imidazole rings is 1. The summed E-state index contributed by atoms with van der Waals surface area (Å²) in [5.41, 5.74) is 7.47. The van der Waals surface area contributed by atoms with E-state index in [1.165, 1.54) is 122 Å². The molecule has 2 heterocycles. The van der Waals surface area contributed by atoms with Crippen LogP contribution in [0.25, 0.3) is 11.2 Å². The number of carbonyl (C=O) groups excluding carboxylic acids is 2.